The molecule has 0 heterocycles. The van der Waals surface area contributed by atoms with Crippen molar-refractivity contribution in [2.75, 3.05) is 13.7 Å². The molecule has 0 bridgehead atoms. The highest BCUT2D eigenvalue weighted by Gasteiger charge is 1.55. The predicted octanol–water partition coefficient (Wildman–Crippen LogP) is -0.0364. The van der Waals surface area contributed by atoms with E-state index in [0.29, 0.717) is 0 Å². The molecule has 0 aliphatic heterocycles. The molecular weight excluding hydrogens is 78.0 g/mol. The third-order valence-electron chi connectivity index (χ3n) is 0.289. The van der Waals surface area contributed by atoms with E-state index >= 15 is 0 Å². The fourth-order valence-electron chi connectivity index (χ4n) is 0. The van der Waals surface area contributed by atoms with Crippen LogP contribution in [0.3, 0.4) is 0 Å². The molecule has 0 atom stereocenters. The monoisotopic (exact) mass is 91.1 g/mol. The molecule has 0 radical (unpaired) electrons. The zero-order valence-electron chi connectivity index (χ0n) is 4.44. The summed E-state index contributed by atoms with van der Waals surface area (Å²) < 4.78 is 0. The van der Waals surface area contributed by atoms with E-state index in [0.717, 1.165) is 20.1 Å². The summed E-state index contributed by atoms with van der Waals surface area (Å²) in [6.45, 7) is 2.88. The number of hydrogen-bond acceptors (Lipinski definition) is 2. The fourth-order valence-corrected chi connectivity index (χ4v) is 0. The van der Waals surface area contributed by atoms with Crippen molar-refractivity contribution in [1.82, 2.24) is 0 Å². The molecule has 0 aliphatic rings. The Morgan fingerprint density at radius 3 is 1.67 bits per heavy atom. The predicted molar refractivity (Wildman–Crippen MR) is 27.5 cm³/mol. The largest absolute Gasteiger partial charge is 0.400 e. The highest BCUT2D eigenvalue weighted by molar-refractivity contribution is 4.19. The van der Waals surface area contributed by atoms with Crippen LogP contribution in [0.15, 0.2) is 0 Å². The van der Waals surface area contributed by atoms with Crippen molar-refractivity contribution in [1.29, 1.82) is 0 Å². The van der Waals surface area contributed by atoms with E-state index in [1.165, 1.54) is 0 Å². The van der Waals surface area contributed by atoms with Crippen molar-refractivity contribution in [3.8, 4) is 0 Å². The third-order valence-corrected chi connectivity index (χ3v) is 0.289. The van der Waals surface area contributed by atoms with Crippen molar-refractivity contribution in [3.63, 3.8) is 0 Å². The summed E-state index contributed by atoms with van der Waals surface area (Å²) in [6, 6.07) is 0. The summed E-state index contributed by atoms with van der Waals surface area (Å²) in [5.41, 5.74) is 5.03. The highest BCUT2D eigenvalue weighted by Crippen LogP contribution is 1.57. The van der Waals surface area contributed by atoms with Gasteiger partial charge in [-0.1, -0.05) is 6.92 Å². The van der Waals surface area contributed by atoms with Gasteiger partial charge in [0, 0.05) is 7.11 Å². The van der Waals surface area contributed by atoms with Gasteiger partial charge in [-0.3, -0.25) is 0 Å². The first-order valence-electron chi connectivity index (χ1n) is 2.06. The quantitative estimate of drug-likeness (QED) is 0.476. The van der Waals surface area contributed by atoms with Gasteiger partial charge in [0.25, 0.3) is 0 Å². The van der Waals surface area contributed by atoms with Gasteiger partial charge in [-0.25, -0.2) is 0 Å². The second kappa shape index (κ2) is 20.5. The average Bonchev–Trinajstić information content (AvgIpc) is 1.72. The smallest absolute Gasteiger partial charge is 0.0319 e. The molecule has 0 aromatic rings. The number of aliphatic hydroxyl groups is 1. The molecule has 0 unspecified atom stereocenters. The molecule has 3 N–H and O–H groups in total. The van der Waals surface area contributed by atoms with Gasteiger partial charge in [0.15, 0.2) is 0 Å². The van der Waals surface area contributed by atoms with Crippen LogP contribution in [0.1, 0.15) is 13.3 Å². The number of rotatable bonds is 1. The lowest BCUT2D eigenvalue weighted by atomic mass is 10.5. The van der Waals surface area contributed by atoms with Crippen LogP contribution in [0.2, 0.25) is 0 Å². The summed E-state index contributed by atoms with van der Waals surface area (Å²) in [5.74, 6) is 0. The first-order valence-corrected chi connectivity index (χ1v) is 2.06. The summed E-state index contributed by atoms with van der Waals surface area (Å²) in [7, 11) is 1.00. The van der Waals surface area contributed by atoms with Gasteiger partial charge in [0.05, 0.1) is 0 Å². The first kappa shape index (κ1) is 9.33. The Morgan fingerprint density at radius 2 is 1.67 bits per heavy atom. The van der Waals surface area contributed by atoms with Crippen LogP contribution >= 0.6 is 0 Å². The maximum Gasteiger partial charge on any atom is 0.0319 e. The zero-order valence-corrected chi connectivity index (χ0v) is 4.44. The van der Waals surface area contributed by atoms with Gasteiger partial charge < -0.3 is 10.8 Å². The molecular formula is C4H13NO. The topological polar surface area (TPSA) is 46.2 Å². The first-order chi connectivity index (χ1) is 2.91. The number of aliphatic hydroxyl groups excluding tert-OH is 1. The Balaban J connectivity index is 0. The molecule has 0 saturated carbocycles. The molecule has 6 heavy (non-hydrogen) atoms. The minimum atomic E-state index is 0.819. The molecule has 2 heteroatoms. The molecule has 0 amide bonds. The SMILES string of the molecule is CCCN.CO. The van der Waals surface area contributed by atoms with Crippen LogP contribution in [-0.2, 0) is 0 Å². The maximum atomic E-state index is 7.00. The van der Waals surface area contributed by atoms with E-state index in [4.69, 9.17) is 10.8 Å². The van der Waals surface area contributed by atoms with Crippen molar-refractivity contribution < 1.29 is 5.11 Å². The molecule has 0 aromatic carbocycles. The summed E-state index contributed by atoms with van der Waals surface area (Å²) in [5, 5.41) is 7.00. The van der Waals surface area contributed by atoms with Gasteiger partial charge >= 0.3 is 0 Å². The lowest BCUT2D eigenvalue weighted by Gasteiger charge is -1.70. The third kappa shape index (κ3) is 39.5. The van der Waals surface area contributed by atoms with Crippen molar-refractivity contribution in [2.45, 2.75) is 13.3 Å². The highest BCUT2D eigenvalue weighted by atomic mass is 16.2. The molecule has 40 valence electrons. The average molecular weight is 91.2 g/mol. The minimum absolute atomic E-state index is 0.819. The van der Waals surface area contributed by atoms with Crippen molar-refractivity contribution in [3.05, 3.63) is 0 Å². The van der Waals surface area contributed by atoms with Crippen LogP contribution in [-0.4, -0.2) is 18.8 Å². The lowest BCUT2D eigenvalue weighted by molar-refractivity contribution is 0.399. The summed E-state index contributed by atoms with van der Waals surface area (Å²) in [6.07, 6.45) is 1.10. The maximum absolute atomic E-state index is 7.00. The molecule has 0 aromatic heterocycles. The van der Waals surface area contributed by atoms with Gasteiger partial charge in [-0.15, -0.1) is 0 Å². The summed E-state index contributed by atoms with van der Waals surface area (Å²) in [4.78, 5) is 0. The zero-order chi connectivity index (χ0) is 5.41. The van der Waals surface area contributed by atoms with Crippen LogP contribution in [0, 0.1) is 0 Å². The molecule has 0 spiro atoms. The minimum Gasteiger partial charge on any atom is -0.400 e. The lowest BCUT2D eigenvalue weighted by Crippen LogP contribution is -1.93. The number of hydrogen-bond donors (Lipinski definition) is 2. The van der Waals surface area contributed by atoms with Crippen LogP contribution < -0.4 is 5.73 Å². The van der Waals surface area contributed by atoms with Gasteiger partial charge in [-0.2, -0.15) is 0 Å². The van der Waals surface area contributed by atoms with Gasteiger partial charge in [-0.05, 0) is 13.0 Å². The van der Waals surface area contributed by atoms with Crippen molar-refractivity contribution >= 4 is 0 Å². The Morgan fingerprint density at radius 1 is 1.50 bits per heavy atom. The fraction of sp³-hybridized carbons (Fsp3) is 1.00. The second-order valence-electron chi connectivity index (χ2n) is 0.789. The Hall–Kier alpha value is -0.0800. The van der Waals surface area contributed by atoms with E-state index in [9.17, 15) is 0 Å². The van der Waals surface area contributed by atoms with Crippen LogP contribution in [0.25, 0.3) is 0 Å². The van der Waals surface area contributed by atoms with Crippen LogP contribution in [0.5, 0.6) is 0 Å². The van der Waals surface area contributed by atoms with Gasteiger partial charge in [0.2, 0.25) is 0 Å². The second-order valence-corrected chi connectivity index (χ2v) is 0.789. The van der Waals surface area contributed by atoms with E-state index in [2.05, 4.69) is 6.92 Å². The molecule has 0 aliphatic carbocycles. The van der Waals surface area contributed by atoms with E-state index in [-0.39, 0.29) is 0 Å². The van der Waals surface area contributed by atoms with E-state index < -0.39 is 0 Å². The Bertz CT molecular complexity index is 9.51. The normalized spacial score (nSPS) is 6.00. The Labute approximate surface area is 39.0 Å². The number of nitrogens with two attached hydrogens (primary N) is 1. The van der Waals surface area contributed by atoms with Crippen LogP contribution in [0.4, 0.5) is 0 Å². The standard InChI is InChI=1S/C3H9N.CH4O/c1-2-3-4;1-2/h2-4H2,1H3;2H,1H3. The van der Waals surface area contributed by atoms with E-state index in [1.54, 1.807) is 0 Å². The van der Waals surface area contributed by atoms with Crippen molar-refractivity contribution in [2.24, 2.45) is 5.73 Å². The molecule has 0 saturated heterocycles. The van der Waals surface area contributed by atoms with Gasteiger partial charge in [0.1, 0.15) is 0 Å². The molecule has 2 nitrogen and oxygen atoms in total. The Kier molecular flexibility index (Phi) is 31.9. The molecule has 0 rings (SSSR count). The van der Waals surface area contributed by atoms with E-state index in [1.807, 2.05) is 0 Å². The summed E-state index contributed by atoms with van der Waals surface area (Å²) >= 11 is 0. The molecule has 0 fully saturated rings.